The van der Waals surface area contributed by atoms with Gasteiger partial charge in [-0.3, -0.25) is 4.79 Å². The Morgan fingerprint density at radius 3 is 2.62 bits per heavy atom. The Labute approximate surface area is 146 Å². The lowest BCUT2D eigenvalue weighted by atomic mass is 9.92. The van der Waals surface area contributed by atoms with Crippen LogP contribution in [0, 0.1) is 0 Å². The van der Waals surface area contributed by atoms with E-state index >= 15 is 0 Å². The number of piperidine rings is 1. The molecule has 0 radical (unpaired) electrons. The number of nitrogens with zero attached hydrogens (tertiary/aromatic N) is 3. The molecule has 24 heavy (non-hydrogen) atoms. The van der Waals surface area contributed by atoms with E-state index in [1.54, 1.807) is 12.1 Å². The van der Waals surface area contributed by atoms with E-state index in [1.165, 1.54) is 10.9 Å². The molecule has 0 saturated carbocycles. The van der Waals surface area contributed by atoms with Crippen LogP contribution in [0.2, 0.25) is 0 Å². The second-order valence-electron chi connectivity index (χ2n) is 6.17. The number of hydrogen-bond acceptors (Lipinski definition) is 4. The van der Waals surface area contributed by atoms with Crippen LogP contribution in [0.3, 0.4) is 0 Å². The molecule has 1 aliphatic rings. The SMILES string of the molecule is CN1CCC(c2nn(C(=O)c3ccco3)c3ccccc23)CC1.Cl. The number of benzene rings is 1. The summed E-state index contributed by atoms with van der Waals surface area (Å²) in [6.45, 7) is 2.13. The second kappa shape index (κ2) is 6.79. The van der Waals surface area contributed by atoms with Crippen LogP contribution in [0.15, 0.2) is 47.1 Å². The molecule has 2 aromatic heterocycles. The van der Waals surface area contributed by atoms with Gasteiger partial charge in [-0.1, -0.05) is 18.2 Å². The summed E-state index contributed by atoms with van der Waals surface area (Å²) >= 11 is 0. The predicted molar refractivity (Wildman–Crippen MR) is 94.9 cm³/mol. The largest absolute Gasteiger partial charge is 0.459 e. The van der Waals surface area contributed by atoms with Crippen LogP contribution < -0.4 is 0 Å². The summed E-state index contributed by atoms with van der Waals surface area (Å²) in [4.78, 5) is 15.0. The van der Waals surface area contributed by atoms with E-state index < -0.39 is 0 Å². The smallest absolute Gasteiger partial charge is 0.314 e. The summed E-state index contributed by atoms with van der Waals surface area (Å²) in [6.07, 6.45) is 3.66. The molecule has 1 aliphatic heterocycles. The van der Waals surface area contributed by atoms with Crippen molar-refractivity contribution in [3.63, 3.8) is 0 Å². The first-order valence-electron chi connectivity index (χ1n) is 7.98. The van der Waals surface area contributed by atoms with Crippen molar-refractivity contribution in [1.29, 1.82) is 0 Å². The summed E-state index contributed by atoms with van der Waals surface area (Å²) in [5, 5.41) is 5.75. The van der Waals surface area contributed by atoms with Gasteiger partial charge in [-0.2, -0.15) is 9.78 Å². The van der Waals surface area contributed by atoms with Gasteiger partial charge in [0.2, 0.25) is 0 Å². The van der Waals surface area contributed by atoms with Gasteiger partial charge in [0.05, 0.1) is 17.5 Å². The molecule has 126 valence electrons. The predicted octanol–water partition coefficient (Wildman–Crippen LogP) is 3.55. The van der Waals surface area contributed by atoms with E-state index in [-0.39, 0.29) is 18.3 Å². The third-order valence-electron chi connectivity index (χ3n) is 4.65. The summed E-state index contributed by atoms with van der Waals surface area (Å²) in [6, 6.07) is 11.3. The van der Waals surface area contributed by atoms with Crippen molar-refractivity contribution in [1.82, 2.24) is 14.7 Å². The van der Waals surface area contributed by atoms with Gasteiger partial charge < -0.3 is 9.32 Å². The fraction of sp³-hybridized carbons (Fsp3) is 0.333. The monoisotopic (exact) mass is 345 g/mol. The van der Waals surface area contributed by atoms with Gasteiger partial charge in [0.15, 0.2) is 5.76 Å². The zero-order chi connectivity index (χ0) is 15.8. The molecule has 1 fully saturated rings. The summed E-state index contributed by atoms with van der Waals surface area (Å²) < 4.78 is 6.74. The number of para-hydroxylation sites is 1. The molecule has 0 spiro atoms. The molecule has 0 bridgehead atoms. The lowest BCUT2D eigenvalue weighted by molar-refractivity contribution is 0.0921. The highest BCUT2D eigenvalue weighted by Crippen LogP contribution is 2.32. The molecule has 3 aromatic rings. The molecule has 1 aromatic carbocycles. The topological polar surface area (TPSA) is 51.3 Å². The zero-order valence-electron chi connectivity index (χ0n) is 13.5. The third-order valence-corrected chi connectivity index (χ3v) is 4.65. The van der Waals surface area contributed by atoms with Gasteiger partial charge in [0.25, 0.3) is 0 Å². The molecule has 6 heteroatoms. The molecule has 0 aliphatic carbocycles. The number of carbonyl (C=O) groups is 1. The number of fused-ring (bicyclic) bond motifs is 1. The fourth-order valence-electron chi connectivity index (χ4n) is 3.33. The Bertz CT molecular complexity index is 833. The molecule has 5 nitrogen and oxygen atoms in total. The van der Waals surface area contributed by atoms with E-state index in [0.717, 1.165) is 42.5 Å². The molecule has 3 heterocycles. The van der Waals surface area contributed by atoms with Crippen molar-refractivity contribution in [2.75, 3.05) is 20.1 Å². The number of likely N-dealkylation sites (tertiary alicyclic amines) is 1. The average molecular weight is 346 g/mol. The summed E-state index contributed by atoms with van der Waals surface area (Å²) in [5.41, 5.74) is 1.89. The first-order chi connectivity index (χ1) is 11.2. The van der Waals surface area contributed by atoms with Crippen LogP contribution in [0.4, 0.5) is 0 Å². The van der Waals surface area contributed by atoms with Crippen molar-refractivity contribution < 1.29 is 9.21 Å². The maximum atomic E-state index is 12.7. The Hall–Kier alpha value is -2.11. The van der Waals surface area contributed by atoms with Gasteiger partial charge in [0.1, 0.15) is 0 Å². The minimum absolute atomic E-state index is 0. The van der Waals surface area contributed by atoms with Crippen molar-refractivity contribution in [3.05, 3.63) is 54.1 Å². The van der Waals surface area contributed by atoms with Crippen molar-refractivity contribution in [3.8, 4) is 0 Å². The first kappa shape index (κ1) is 16.7. The Balaban J connectivity index is 0.00000169. The molecular formula is C18H20ClN3O2. The number of rotatable bonds is 2. The lowest BCUT2D eigenvalue weighted by Gasteiger charge is -2.28. The molecule has 4 rings (SSSR count). The number of halogens is 1. The molecule has 0 N–H and O–H groups in total. The fourth-order valence-corrected chi connectivity index (χ4v) is 3.33. The maximum Gasteiger partial charge on any atom is 0.314 e. The number of furan rings is 1. The Kier molecular flexibility index (Phi) is 4.73. The van der Waals surface area contributed by atoms with Crippen LogP contribution in [-0.4, -0.2) is 40.7 Å². The van der Waals surface area contributed by atoms with E-state index in [4.69, 9.17) is 4.42 Å². The molecule has 0 amide bonds. The van der Waals surface area contributed by atoms with E-state index in [2.05, 4.69) is 23.1 Å². The minimum Gasteiger partial charge on any atom is -0.459 e. The van der Waals surface area contributed by atoms with Gasteiger partial charge in [-0.15, -0.1) is 12.4 Å². The summed E-state index contributed by atoms with van der Waals surface area (Å²) in [5.74, 6) is 0.500. The standard InChI is InChI=1S/C18H19N3O2.ClH/c1-20-10-8-13(9-11-20)17-14-5-2-3-6-15(14)21(19-17)18(22)16-7-4-12-23-16;/h2-7,12-13H,8-11H2,1H3;1H. The third kappa shape index (κ3) is 2.85. The Morgan fingerprint density at radius 1 is 1.17 bits per heavy atom. The van der Waals surface area contributed by atoms with Crippen LogP contribution in [0.25, 0.3) is 10.9 Å². The normalized spacial score (nSPS) is 16.2. The maximum absolute atomic E-state index is 12.7. The quantitative estimate of drug-likeness (QED) is 0.712. The lowest BCUT2D eigenvalue weighted by Crippen LogP contribution is -2.29. The first-order valence-corrected chi connectivity index (χ1v) is 7.98. The van der Waals surface area contributed by atoms with E-state index in [9.17, 15) is 4.79 Å². The van der Waals surface area contributed by atoms with Gasteiger partial charge >= 0.3 is 5.91 Å². The van der Waals surface area contributed by atoms with Crippen LogP contribution in [0.1, 0.15) is 35.0 Å². The zero-order valence-corrected chi connectivity index (χ0v) is 14.3. The highest BCUT2D eigenvalue weighted by Gasteiger charge is 2.26. The number of aromatic nitrogens is 2. The van der Waals surface area contributed by atoms with E-state index in [1.807, 2.05) is 18.2 Å². The molecular weight excluding hydrogens is 326 g/mol. The van der Waals surface area contributed by atoms with E-state index in [0.29, 0.717) is 11.7 Å². The van der Waals surface area contributed by atoms with Gasteiger partial charge in [-0.25, -0.2) is 0 Å². The Morgan fingerprint density at radius 2 is 1.92 bits per heavy atom. The summed E-state index contributed by atoms with van der Waals surface area (Å²) in [7, 11) is 2.15. The minimum atomic E-state index is -0.217. The average Bonchev–Trinajstić information content (AvgIpc) is 3.23. The second-order valence-corrected chi connectivity index (χ2v) is 6.17. The highest BCUT2D eigenvalue weighted by molar-refractivity contribution is 5.99. The number of carbonyl (C=O) groups excluding carboxylic acids is 1. The van der Waals surface area contributed by atoms with Crippen LogP contribution in [-0.2, 0) is 0 Å². The van der Waals surface area contributed by atoms with Crippen LogP contribution in [0.5, 0.6) is 0 Å². The molecule has 0 unspecified atom stereocenters. The van der Waals surface area contributed by atoms with Crippen molar-refractivity contribution in [2.45, 2.75) is 18.8 Å². The number of hydrogen-bond donors (Lipinski definition) is 0. The molecule has 1 saturated heterocycles. The van der Waals surface area contributed by atoms with Crippen molar-refractivity contribution >= 4 is 29.2 Å². The van der Waals surface area contributed by atoms with Gasteiger partial charge in [0, 0.05) is 11.3 Å². The molecule has 0 atom stereocenters. The van der Waals surface area contributed by atoms with Crippen molar-refractivity contribution in [2.24, 2.45) is 0 Å². The highest BCUT2D eigenvalue weighted by atomic mass is 35.5. The van der Waals surface area contributed by atoms with Crippen LogP contribution >= 0.6 is 12.4 Å². The van der Waals surface area contributed by atoms with Gasteiger partial charge in [-0.05, 0) is 51.2 Å².